The van der Waals surface area contributed by atoms with Crippen molar-refractivity contribution in [2.45, 2.75) is 31.5 Å². The SMILES string of the molecule is CCc1ccc([C@@H](C)NC(=O)CSc2nnc(-c3cccc(Cl)c3)n2N)cc1. The lowest BCUT2D eigenvalue weighted by molar-refractivity contribution is -0.119. The predicted octanol–water partition coefficient (Wildman–Crippen LogP) is 3.84. The second-order valence-electron chi connectivity index (χ2n) is 6.36. The zero-order chi connectivity index (χ0) is 20.1. The van der Waals surface area contributed by atoms with Crippen LogP contribution in [0, 0.1) is 0 Å². The minimum absolute atomic E-state index is 0.0724. The first-order valence-corrected chi connectivity index (χ1v) is 10.3. The molecule has 0 saturated carbocycles. The summed E-state index contributed by atoms with van der Waals surface area (Å²) in [4.78, 5) is 12.3. The highest BCUT2D eigenvalue weighted by Crippen LogP contribution is 2.24. The van der Waals surface area contributed by atoms with E-state index in [1.54, 1.807) is 12.1 Å². The number of hydrogen-bond acceptors (Lipinski definition) is 5. The molecule has 0 aliphatic heterocycles. The molecule has 1 heterocycles. The molecular weight excluding hydrogens is 394 g/mol. The van der Waals surface area contributed by atoms with Crippen molar-refractivity contribution in [3.8, 4) is 11.4 Å². The Kier molecular flexibility index (Phi) is 6.59. The number of halogens is 1. The third-order valence-electron chi connectivity index (χ3n) is 4.35. The summed E-state index contributed by atoms with van der Waals surface area (Å²) < 4.78 is 1.37. The molecule has 0 saturated heterocycles. The second-order valence-corrected chi connectivity index (χ2v) is 7.74. The summed E-state index contributed by atoms with van der Waals surface area (Å²) in [5.41, 5.74) is 3.11. The van der Waals surface area contributed by atoms with Gasteiger partial charge in [0.2, 0.25) is 11.1 Å². The maximum absolute atomic E-state index is 12.3. The minimum Gasteiger partial charge on any atom is -0.349 e. The highest BCUT2D eigenvalue weighted by Gasteiger charge is 2.15. The summed E-state index contributed by atoms with van der Waals surface area (Å²) in [7, 11) is 0. The molecule has 0 unspecified atom stereocenters. The molecule has 6 nitrogen and oxygen atoms in total. The lowest BCUT2D eigenvalue weighted by atomic mass is 10.1. The zero-order valence-electron chi connectivity index (χ0n) is 15.7. The topological polar surface area (TPSA) is 85.8 Å². The molecule has 8 heteroatoms. The van der Waals surface area contributed by atoms with Gasteiger partial charge in [0.25, 0.3) is 0 Å². The standard InChI is InChI=1S/C20H22ClN5OS/c1-3-14-7-9-15(10-8-14)13(2)23-18(27)12-28-20-25-24-19(26(20)22)16-5-4-6-17(21)11-16/h4-11,13H,3,12,22H2,1-2H3,(H,23,27)/t13-/m1/s1. The summed E-state index contributed by atoms with van der Waals surface area (Å²) in [6.45, 7) is 4.08. The molecular formula is C20H22ClN5OS. The second kappa shape index (κ2) is 9.12. The van der Waals surface area contributed by atoms with Gasteiger partial charge in [0.15, 0.2) is 5.82 Å². The summed E-state index contributed by atoms with van der Waals surface area (Å²) in [6, 6.07) is 15.4. The number of thioether (sulfide) groups is 1. The fraction of sp³-hybridized carbons (Fsp3) is 0.250. The molecule has 3 N–H and O–H groups in total. The summed E-state index contributed by atoms with van der Waals surface area (Å²) >= 11 is 7.25. The molecule has 1 amide bonds. The van der Waals surface area contributed by atoms with E-state index in [1.165, 1.54) is 22.0 Å². The van der Waals surface area contributed by atoms with Crippen molar-refractivity contribution in [3.63, 3.8) is 0 Å². The van der Waals surface area contributed by atoms with Crippen molar-refractivity contribution in [1.29, 1.82) is 0 Å². The Balaban J connectivity index is 1.58. The van der Waals surface area contributed by atoms with Gasteiger partial charge in [0, 0.05) is 10.6 Å². The molecule has 2 aromatic carbocycles. The predicted molar refractivity (Wildman–Crippen MR) is 114 cm³/mol. The van der Waals surface area contributed by atoms with Gasteiger partial charge in [0.1, 0.15) is 0 Å². The van der Waals surface area contributed by atoms with Crippen LogP contribution in [-0.4, -0.2) is 26.5 Å². The van der Waals surface area contributed by atoms with Gasteiger partial charge in [-0.15, -0.1) is 10.2 Å². The van der Waals surface area contributed by atoms with Crippen LogP contribution in [0.4, 0.5) is 0 Å². The Morgan fingerprint density at radius 3 is 2.68 bits per heavy atom. The van der Waals surface area contributed by atoms with Crippen molar-refractivity contribution >= 4 is 29.3 Å². The molecule has 146 valence electrons. The van der Waals surface area contributed by atoms with E-state index in [-0.39, 0.29) is 17.7 Å². The lowest BCUT2D eigenvalue weighted by Crippen LogP contribution is -2.28. The van der Waals surface area contributed by atoms with Gasteiger partial charge in [-0.3, -0.25) is 4.79 Å². The van der Waals surface area contributed by atoms with Crippen LogP contribution in [0.2, 0.25) is 5.02 Å². The molecule has 0 bridgehead atoms. The number of nitrogens with zero attached hydrogens (tertiary/aromatic N) is 3. The van der Waals surface area contributed by atoms with E-state index in [9.17, 15) is 4.79 Å². The maximum atomic E-state index is 12.3. The van der Waals surface area contributed by atoms with E-state index in [0.29, 0.717) is 16.0 Å². The summed E-state index contributed by atoms with van der Waals surface area (Å²) in [5.74, 6) is 6.69. The molecule has 3 rings (SSSR count). The Morgan fingerprint density at radius 2 is 2.00 bits per heavy atom. The lowest BCUT2D eigenvalue weighted by Gasteiger charge is -2.14. The Bertz CT molecular complexity index is 957. The molecule has 28 heavy (non-hydrogen) atoms. The van der Waals surface area contributed by atoms with E-state index in [2.05, 4.69) is 34.6 Å². The Morgan fingerprint density at radius 1 is 1.25 bits per heavy atom. The highest BCUT2D eigenvalue weighted by atomic mass is 35.5. The van der Waals surface area contributed by atoms with E-state index in [0.717, 1.165) is 17.5 Å². The van der Waals surface area contributed by atoms with Gasteiger partial charge in [0.05, 0.1) is 11.8 Å². The number of aromatic nitrogens is 3. The van der Waals surface area contributed by atoms with Gasteiger partial charge in [-0.1, -0.05) is 66.7 Å². The molecule has 0 fully saturated rings. The van der Waals surface area contributed by atoms with Crippen LogP contribution >= 0.6 is 23.4 Å². The normalized spacial score (nSPS) is 12.0. The number of aryl methyl sites for hydroxylation is 1. The largest absolute Gasteiger partial charge is 0.349 e. The number of benzene rings is 2. The van der Waals surface area contributed by atoms with Gasteiger partial charge < -0.3 is 11.2 Å². The van der Waals surface area contributed by atoms with Crippen LogP contribution in [0.3, 0.4) is 0 Å². The van der Waals surface area contributed by atoms with Crippen LogP contribution in [0.1, 0.15) is 31.0 Å². The quantitative estimate of drug-likeness (QED) is 0.452. The van der Waals surface area contributed by atoms with E-state index in [1.807, 2.05) is 31.2 Å². The van der Waals surface area contributed by atoms with Crippen LogP contribution in [0.25, 0.3) is 11.4 Å². The number of nitrogens with one attached hydrogen (secondary N) is 1. The van der Waals surface area contributed by atoms with Crippen molar-refractivity contribution in [2.75, 3.05) is 11.6 Å². The van der Waals surface area contributed by atoms with Crippen LogP contribution in [0.5, 0.6) is 0 Å². The van der Waals surface area contributed by atoms with Crippen LogP contribution in [-0.2, 0) is 11.2 Å². The van der Waals surface area contributed by atoms with E-state index < -0.39 is 0 Å². The maximum Gasteiger partial charge on any atom is 0.230 e. The average Bonchev–Trinajstić information content (AvgIpc) is 3.07. The number of hydrogen-bond donors (Lipinski definition) is 2. The first-order valence-electron chi connectivity index (χ1n) is 8.95. The number of rotatable bonds is 7. The van der Waals surface area contributed by atoms with E-state index >= 15 is 0 Å². The first-order chi connectivity index (χ1) is 13.5. The number of amides is 1. The summed E-state index contributed by atoms with van der Waals surface area (Å²) in [5, 5.41) is 12.2. The molecule has 3 aromatic rings. The molecule has 0 radical (unpaired) electrons. The highest BCUT2D eigenvalue weighted by molar-refractivity contribution is 7.99. The van der Waals surface area contributed by atoms with Gasteiger partial charge in [-0.25, -0.2) is 4.68 Å². The number of carbonyl (C=O) groups excluding carboxylic acids is 1. The van der Waals surface area contributed by atoms with Crippen molar-refractivity contribution in [3.05, 3.63) is 64.7 Å². The average molecular weight is 416 g/mol. The van der Waals surface area contributed by atoms with Crippen molar-refractivity contribution in [2.24, 2.45) is 0 Å². The third-order valence-corrected chi connectivity index (χ3v) is 5.52. The van der Waals surface area contributed by atoms with E-state index in [4.69, 9.17) is 17.4 Å². The minimum atomic E-state index is -0.0932. The molecule has 1 aromatic heterocycles. The fourth-order valence-corrected chi connectivity index (χ4v) is 3.60. The van der Waals surface area contributed by atoms with Gasteiger partial charge >= 0.3 is 0 Å². The van der Waals surface area contributed by atoms with Crippen molar-refractivity contribution < 1.29 is 4.79 Å². The monoisotopic (exact) mass is 415 g/mol. The van der Waals surface area contributed by atoms with Crippen LogP contribution in [0.15, 0.2) is 53.7 Å². The first kappa shape index (κ1) is 20.2. The van der Waals surface area contributed by atoms with Gasteiger partial charge in [-0.05, 0) is 36.6 Å². The smallest absolute Gasteiger partial charge is 0.230 e. The Hall–Kier alpha value is -2.51. The molecule has 0 spiro atoms. The fourth-order valence-electron chi connectivity index (χ4n) is 2.74. The Labute approximate surface area is 173 Å². The zero-order valence-corrected chi connectivity index (χ0v) is 17.3. The molecule has 1 atom stereocenters. The van der Waals surface area contributed by atoms with Crippen LogP contribution < -0.4 is 11.2 Å². The number of nitrogen functional groups attached to an aromatic ring is 1. The number of carbonyl (C=O) groups is 1. The molecule has 0 aliphatic rings. The number of nitrogens with two attached hydrogens (primary N) is 1. The summed E-state index contributed by atoms with van der Waals surface area (Å²) in [6.07, 6.45) is 0.995. The van der Waals surface area contributed by atoms with Gasteiger partial charge in [-0.2, -0.15) is 0 Å². The third kappa shape index (κ3) is 4.85. The molecule has 0 aliphatic carbocycles. The van der Waals surface area contributed by atoms with Crippen molar-refractivity contribution in [1.82, 2.24) is 20.2 Å².